The quantitative estimate of drug-likeness (QED) is 0.840. The minimum atomic E-state index is 0.571. The first kappa shape index (κ1) is 11.3. The van der Waals surface area contributed by atoms with Crippen molar-refractivity contribution in [3.8, 4) is 0 Å². The Hall–Kier alpha value is -0.790. The molecule has 2 aliphatic rings. The van der Waals surface area contributed by atoms with Gasteiger partial charge in [0.25, 0.3) is 0 Å². The van der Waals surface area contributed by atoms with E-state index in [9.17, 15) is 0 Å². The summed E-state index contributed by atoms with van der Waals surface area (Å²) in [6.45, 7) is 1.20. The lowest BCUT2D eigenvalue weighted by molar-refractivity contribution is 0.456. The molecule has 2 heteroatoms. The molecule has 0 aromatic heterocycles. The molecule has 2 fully saturated rings. The highest BCUT2D eigenvalue weighted by Gasteiger charge is 2.37. The van der Waals surface area contributed by atoms with Gasteiger partial charge in [0.05, 0.1) is 0 Å². The minimum absolute atomic E-state index is 0.571. The monoisotopic (exact) mass is 247 g/mol. The maximum absolute atomic E-state index is 5.98. The van der Waals surface area contributed by atoms with Crippen molar-refractivity contribution in [2.75, 3.05) is 6.54 Å². The largest absolute Gasteiger partial charge is 0.310 e. The van der Waals surface area contributed by atoms with Gasteiger partial charge in [-0.05, 0) is 48.9 Å². The van der Waals surface area contributed by atoms with Crippen LogP contribution in [0.15, 0.2) is 30.3 Å². The predicted molar refractivity (Wildman–Crippen MR) is 73.1 cm³/mol. The predicted octanol–water partition coefficient (Wildman–Crippen LogP) is 3.74. The molecule has 0 bridgehead atoms. The van der Waals surface area contributed by atoms with Crippen LogP contribution in [0.4, 0.5) is 0 Å². The Kier molecular flexibility index (Phi) is 3.21. The molecule has 1 aromatic carbocycles. The van der Waals surface area contributed by atoms with Crippen molar-refractivity contribution in [2.24, 2.45) is 11.8 Å². The molecular weight excluding hydrogens is 230 g/mol. The Morgan fingerprint density at radius 3 is 3.12 bits per heavy atom. The second kappa shape index (κ2) is 4.83. The lowest BCUT2D eigenvalue weighted by Gasteiger charge is -2.13. The van der Waals surface area contributed by atoms with E-state index in [1.807, 2.05) is 18.2 Å². The number of hydrogen-bond donors (Lipinski definition) is 1. The molecule has 1 aliphatic heterocycles. The molecule has 1 aliphatic carbocycles. The van der Waals surface area contributed by atoms with Crippen LogP contribution in [0.1, 0.15) is 24.8 Å². The maximum Gasteiger partial charge on any atom is 0.0411 e. The lowest BCUT2D eigenvalue weighted by Crippen LogP contribution is -2.23. The Morgan fingerprint density at radius 2 is 2.24 bits per heavy atom. The van der Waals surface area contributed by atoms with Crippen LogP contribution in [0.3, 0.4) is 0 Å². The topological polar surface area (TPSA) is 12.0 Å². The van der Waals surface area contributed by atoms with Crippen molar-refractivity contribution in [1.29, 1.82) is 0 Å². The van der Waals surface area contributed by atoms with Gasteiger partial charge in [0.1, 0.15) is 0 Å². The maximum atomic E-state index is 5.98. The summed E-state index contributed by atoms with van der Waals surface area (Å²) in [5, 5.41) is 4.43. The van der Waals surface area contributed by atoms with E-state index in [1.165, 1.54) is 31.4 Å². The summed E-state index contributed by atoms with van der Waals surface area (Å²) in [7, 11) is 0. The Bertz CT molecular complexity index is 427. The summed E-state index contributed by atoms with van der Waals surface area (Å²) < 4.78 is 0. The second-order valence-corrected chi connectivity index (χ2v) is 5.64. The van der Waals surface area contributed by atoms with Crippen molar-refractivity contribution in [2.45, 2.75) is 25.3 Å². The molecule has 0 radical (unpaired) electrons. The van der Waals surface area contributed by atoms with Gasteiger partial charge >= 0.3 is 0 Å². The minimum Gasteiger partial charge on any atom is -0.310 e. The number of hydrogen-bond acceptors (Lipinski definition) is 1. The van der Waals surface area contributed by atoms with Crippen LogP contribution < -0.4 is 5.32 Å². The fraction of sp³-hybridized carbons (Fsp3) is 0.467. The fourth-order valence-electron chi connectivity index (χ4n) is 3.27. The third kappa shape index (κ3) is 2.41. The molecule has 1 N–H and O–H groups in total. The van der Waals surface area contributed by atoms with Crippen LogP contribution in [-0.2, 0) is 0 Å². The number of nitrogens with one attached hydrogen (secondary N) is 1. The van der Waals surface area contributed by atoms with Crippen molar-refractivity contribution in [3.05, 3.63) is 40.9 Å². The van der Waals surface area contributed by atoms with Gasteiger partial charge in [-0.25, -0.2) is 0 Å². The summed E-state index contributed by atoms with van der Waals surface area (Å²) >= 11 is 5.98. The summed E-state index contributed by atoms with van der Waals surface area (Å²) in [5.74, 6) is 1.79. The zero-order valence-corrected chi connectivity index (χ0v) is 10.7. The molecular formula is C15H18ClN. The van der Waals surface area contributed by atoms with Gasteiger partial charge in [-0.1, -0.05) is 42.3 Å². The van der Waals surface area contributed by atoms with Crippen molar-refractivity contribution >= 4 is 17.7 Å². The summed E-state index contributed by atoms with van der Waals surface area (Å²) in [4.78, 5) is 0. The standard InChI is InChI=1S/C15H18ClN/c16-13-5-1-3-11(9-13)7-8-15-14-6-2-4-12(14)10-17-15/h1,3,5,7-9,12,14-15,17H,2,4,6,10H2/b8-7+. The Labute approximate surface area is 108 Å². The Morgan fingerprint density at radius 1 is 1.29 bits per heavy atom. The van der Waals surface area contributed by atoms with Crippen molar-refractivity contribution in [3.63, 3.8) is 0 Å². The highest BCUT2D eigenvalue weighted by Crippen LogP contribution is 2.38. The van der Waals surface area contributed by atoms with E-state index in [0.717, 1.165) is 16.9 Å². The third-order valence-electron chi connectivity index (χ3n) is 4.14. The van der Waals surface area contributed by atoms with Crippen LogP contribution in [0, 0.1) is 11.8 Å². The fourth-order valence-corrected chi connectivity index (χ4v) is 3.47. The molecule has 1 saturated heterocycles. The van der Waals surface area contributed by atoms with Gasteiger partial charge in [-0.15, -0.1) is 0 Å². The van der Waals surface area contributed by atoms with E-state index in [1.54, 1.807) is 0 Å². The second-order valence-electron chi connectivity index (χ2n) is 5.20. The molecule has 17 heavy (non-hydrogen) atoms. The molecule has 90 valence electrons. The van der Waals surface area contributed by atoms with E-state index in [-0.39, 0.29) is 0 Å². The summed E-state index contributed by atoms with van der Waals surface area (Å²) in [6, 6.07) is 8.60. The van der Waals surface area contributed by atoms with E-state index in [0.29, 0.717) is 6.04 Å². The molecule has 1 saturated carbocycles. The molecule has 1 heterocycles. The van der Waals surface area contributed by atoms with Crippen LogP contribution >= 0.6 is 11.6 Å². The molecule has 3 atom stereocenters. The number of halogens is 1. The van der Waals surface area contributed by atoms with E-state index >= 15 is 0 Å². The third-order valence-corrected chi connectivity index (χ3v) is 4.37. The number of fused-ring (bicyclic) bond motifs is 1. The van der Waals surface area contributed by atoms with Gasteiger partial charge in [-0.2, -0.15) is 0 Å². The van der Waals surface area contributed by atoms with Crippen LogP contribution in [0.2, 0.25) is 5.02 Å². The average molecular weight is 248 g/mol. The van der Waals surface area contributed by atoms with Gasteiger partial charge in [0.2, 0.25) is 0 Å². The van der Waals surface area contributed by atoms with Gasteiger partial charge in [-0.3, -0.25) is 0 Å². The van der Waals surface area contributed by atoms with Gasteiger partial charge in [0.15, 0.2) is 0 Å². The van der Waals surface area contributed by atoms with E-state index in [2.05, 4.69) is 23.5 Å². The van der Waals surface area contributed by atoms with Crippen LogP contribution in [0.5, 0.6) is 0 Å². The van der Waals surface area contributed by atoms with E-state index in [4.69, 9.17) is 11.6 Å². The molecule has 3 unspecified atom stereocenters. The van der Waals surface area contributed by atoms with Gasteiger partial charge in [0, 0.05) is 11.1 Å². The molecule has 0 spiro atoms. The van der Waals surface area contributed by atoms with Gasteiger partial charge < -0.3 is 5.32 Å². The summed E-state index contributed by atoms with van der Waals surface area (Å²) in [5.41, 5.74) is 1.20. The normalized spacial score (nSPS) is 32.2. The van der Waals surface area contributed by atoms with E-state index < -0.39 is 0 Å². The number of rotatable bonds is 2. The molecule has 1 aromatic rings. The summed E-state index contributed by atoms with van der Waals surface area (Å²) in [6.07, 6.45) is 8.74. The smallest absolute Gasteiger partial charge is 0.0411 e. The van der Waals surface area contributed by atoms with Crippen molar-refractivity contribution in [1.82, 2.24) is 5.32 Å². The zero-order valence-electron chi connectivity index (χ0n) is 9.90. The molecule has 3 rings (SSSR count). The Balaban J connectivity index is 1.70. The average Bonchev–Trinajstić information content (AvgIpc) is 2.89. The highest BCUT2D eigenvalue weighted by molar-refractivity contribution is 6.30. The van der Waals surface area contributed by atoms with Crippen LogP contribution in [-0.4, -0.2) is 12.6 Å². The lowest BCUT2D eigenvalue weighted by atomic mass is 9.93. The first-order chi connectivity index (χ1) is 8.33. The molecule has 0 amide bonds. The SMILES string of the molecule is Clc1cccc(/C=C/C2NCC3CCCC32)c1. The molecule has 1 nitrogen and oxygen atoms in total. The first-order valence-electron chi connectivity index (χ1n) is 6.50. The highest BCUT2D eigenvalue weighted by atomic mass is 35.5. The number of benzene rings is 1. The van der Waals surface area contributed by atoms with Crippen molar-refractivity contribution < 1.29 is 0 Å². The van der Waals surface area contributed by atoms with Crippen LogP contribution in [0.25, 0.3) is 6.08 Å². The zero-order chi connectivity index (χ0) is 11.7. The first-order valence-corrected chi connectivity index (χ1v) is 6.88.